The predicted octanol–water partition coefficient (Wildman–Crippen LogP) is 7.35. The number of aromatic nitrogens is 4. The Morgan fingerprint density at radius 1 is 0.923 bits per heavy atom. The first kappa shape index (κ1) is 26.6. The van der Waals surface area contributed by atoms with Gasteiger partial charge in [-0.15, -0.1) is 0 Å². The van der Waals surface area contributed by atoms with Gasteiger partial charge in [0, 0.05) is 61.3 Å². The highest BCUT2D eigenvalue weighted by molar-refractivity contribution is 5.62. The van der Waals surface area contributed by atoms with Crippen LogP contribution in [0.4, 0.5) is 0 Å². The Morgan fingerprint density at radius 2 is 1.62 bits per heavy atom. The average molecular weight is 518 g/mol. The molecular formula is C34H39N5. The Bertz CT molecular complexity index is 1380. The van der Waals surface area contributed by atoms with Crippen molar-refractivity contribution in [2.75, 3.05) is 0 Å². The van der Waals surface area contributed by atoms with Crippen LogP contribution in [-0.2, 0) is 20.0 Å². The summed E-state index contributed by atoms with van der Waals surface area (Å²) in [5.74, 6) is 2.38. The summed E-state index contributed by atoms with van der Waals surface area (Å²) in [6.07, 6.45) is 13.5. The van der Waals surface area contributed by atoms with Crippen molar-refractivity contribution < 1.29 is 0 Å². The molecule has 0 spiro atoms. The molecule has 1 saturated carbocycles. The third kappa shape index (κ3) is 6.72. The van der Waals surface area contributed by atoms with E-state index >= 15 is 0 Å². The Kier molecular flexibility index (Phi) is 8.36. The van der Waals surface area contributed by atoms with Gasteiger partial charge in [-0.3, -0.25) is 4.68 Å². The van der Waals surface area contributed by atoms with Crippen LogP contribution in [0.1, 0.15) is 61.0 Å². The molecule has 4 aromatic rings. The SMILES string of the molecule is C=C(C)c1cnc(CC2CCC(C(C(=C)NCc3ccccc3)c3ccc(-c4cnn(C)c4)cc3)CC2)nc1. The summed E-state index contributed by atoms with van der Waals surface area (Å²) in [7, 11) is 1.95. The summed E-state index contributed by atoms with van der Waals surface area (Å²) >= 11 is 0. The molecule has 1 aliphatic carbocycles. The van der Waals surface area contributed by atoms with Gasteiger partial charge in [0.05, 0.1) is 6.20 Å². The van der Waals surface area contributed by atoms with Gasteiger partial charge in [0.25, 0.3) is 0 Å². The van der Waals surface area contributed by atoms with Crippen molar-refractivity contribution in [1.82, 2.24) is 25.1 Å². The maximum atomic E-state index is 4.61. The molecule has 1 fully saturated rings. The van der Waals surface area contributed by atoms with E-state index < -0.39 is 0 Å². The molecule has 2 heterocycles. The van der Waals surface area contributed by atoms with Crippen molar-refractivity contribution in [3.05, 3.63) is 121 Å². The third-order valence-corrected chi connectivity index (χ3v) is 8.08. The van der Waals surface area contributed by atoms with E-state index in [2.05, 4.69) is 94.3 Å². The smallest absolute Gasteiger partial charge is 0.128 e. The number of hydrogen-bond donors (Lipinski definition) is 1. The van der Waals surface area contributed by atoms with Crippen LogP contribution in [0.3, 0.4) is 0 Å². The van der Waals surface area contributed by atoms with Gasteiger partial charge in [-0.05, 0) is 66.7 Å². The fourth-order valence-corrected chi connectivity index (χ4v) is 5.80. The lowest BCUT2D eigenvalue weighted by Gasteiger charge is -2.35. The minimum Gasteiger partial charge on any atom is -0.384 e. The maximum absolute atomic E-state index is 4.61. The highest BCUT2D eigenvalue weighted by Crippen LogP contribution is 2.42. The number of nitrogens with zero attached hydrogens (tertiary/aromatic N) is 4. The van der Waals surface area contributed by atoms with E-state index in [9.17, 15) is 0 Å². The first-order valence-corrected chi connectivity index (χ1v) is 14.0. The number of rotatable bonds is 10. The molecule has 5 rings (SSSR count). The third-order valence-electron chi connectivity index (χ3n) is 8.08. The van der Waals surface area contributed by atoms with Crippen LogP contribution in [0.5, 0.6) is 0 Å². The van der Waals surface area contributed by atoms with Crippen LogP contribution < -0.4 is 5.32 Å². The van der Waals surface area contributed by atoms with Crippen molar-refractivity contribution >= 4 is 5.57 Å². The summed E-state index contributed by atoms with van der Waals surface area (Å²) < 4.78 is 1.85. The molecule has 0 aliphatic heterocycles. The molecule has 1 aliphatic rings. The van der Waals surface area contributed by atoms with E-state index in [-0.39, 0.29) is 5.92 Å². The van der Waals surface area contributed by atoms with E-state index in [1.807, 2.05) is 37.2 Å². The first-order valence-electron chi connectivity index (χ1n) is 14.0. The zero-order valence-electron chi connectivity index (χ0n) is 23.2. The van der Waals surface area contributed by atoms with Crippen molar-refractivity contribution in [2.24, 2.45) is 18.9 Å². The molecule has 1 unspecified atom stereocenters. The van der Waals surface area contributed by atoms with E-state index in [0.717, 1.165) is 41.2 Å². The van der Waals surface area contributed by atoms with Gasteiger partial charge in [0.2, 0.25) is 0 Å². The number of aryl methyl sites for hydroxylation is 1. The van der Waals surface area contributed by atoms with Crippen LogP contribution in [0.2, 0.25) is 0 Å². The topological polar surface area (TPSA) is 55.6 Å². The molecular weight excluding hydrogens is 478 g/mol. The minimum absolute atomic E-state index is 0.267. The Balaban J connectivity index is 1.28. The second-order valence-corrected chi connectivity index (χ2v) is 11.0. The highest BCUT2D eigenvalue weighted by Gasteiger charge is 2.31. The van der Waals surface area contributed by atoms with E-state index in [1.165, 1.54) is 42.4 Å². The number of nitrogens with one attached hydrogen (secondary N) is 1. The molecule has 2 aromatic heterocycles. The fourth-order valence-electron chi connectivity index (χ4n) is 5.80. The van der Waals surface area contributed by atoms with Crippen molar-refractivity contribution in [1.29, 1.82) is 0 Å². The molecule has 0 amide bonds. The molecule has 0 saturated heterocycles. The van der Waals surface area contributed by atoms with Crippen molar-refractivity contribution in [3.8, 4) is 11.1 Å². The maximum Gasteiger partial charge on any atom is 0.128 e. The molecule has 39 heavy (non-hydrogen) atoms. The van der Waals surface area contributed by atoms with Crippen LogP contribution >= 0.6 is 0 Å². The predicted molar refractivity (Wildman–Crippen MR) is 160 cm³/mol. The summed E-state index contributed by atoms with van der Waals surface area (Å²) in [4.78, 5) is 9.22. The summed E-state index contributed by atoms with van der Waals surface area (Å²) in [5, 5.41) is 8.01. The molecule has 5 nitrogen and oxygen atoms in total. The lowest BCUT2D eigenvalue weighted by Crippen LogP contribution is -2.27. The van der Waals surface area contributed by atoms with Gasteiger partial charge >= 0.3 is 0 Å². The lowest BCUT2D eigenvalue weighted by molar-refractivity contribution is 0.248. The Labute approximate surface area is 232 Å². The number of benzene rings is 2. The summed E-state index contributed by atoms with van der Waals surface area (Å²) in [6.45, 7) is 11.3. The van der Waals surface area contributed by atoms with Gasteiger partial charge in [0.1, 0.15) is 5.82 Å². The molecule has 0 bridgehead atoms. The van der Waals surface area contributed by atoms with Crippen molar-refractivity contribution in [2.45, 2.75) is 51.5 Å². The minimum atomic E-state index is 0.267. The van der Waals surface area contributed by atoms with Crippen LogP contribution in [0.15, 0.2) is 98.2 Å². The van der Waals surface area contributed by atoms with Gasteiger partial charge in [-0.2, -0.15) is 5.10 Å². The standard InChI is InChI=1S/C34H39N5/c1-24(2)31-20-36-33(37-21-31)18-26-10-12-29(13-11-26)34(25(3)35-19-27-8-6-5-7-9-27)30-16-14-28(15-17-30)32-22-38-39(4)23-32/h5-9,14-17,20-23,26,29,34-35H,1,3,10-13,18-19H2,2,4H3. The van der Waals surface area contributed by atoms with Gasteiger partial charge < -0.3 is 5.32 Å². The zero-order valence-corrected chi connectivity index (χ0v) is 23.2. The first-order chi connectivity index (χ1) is 19.0. The van der Waals surface area contributed by atoms with Crippen LogP contribution in [0, 0.1) is 11.8 Å². The molecule has 1 N–H and O–H groups in total. The Hall–Kier alpha value is -3.99. The molecule has 1 atom stereocenters. The van der Waals surface area contributed by atoms with Crippen LogP contribution in [0.25, 0.3) is 16.7 Å². The fraction of sp³-hybridized carbons (Fsp3) is 0.324. The van der Waals surface area contributed by atoms with Crippen LogP contribution in [-0.4, -0.2) is 19.7 Å². The van der Waals surface area contributed by atoms with E-state index in [0.29, 0.717) is 11.8 Å². The lowest BCUT2D eigenvalue weighted by atomic mass is 9.71. The van der Waals surface area contributed by atoms with Crippen molar-refractivity contribution in [3.63, 3.8) is 0 Å². The van der Waals surface area contributed by atoms with E-state index in [4.69, 9.17) is 0 Å². The summed E-state index contributed by atoms with van der Waals surface area (Å²) in [5.41, 5.74) is 8.05. The molecule has 0 radical (unpaired) electrons. The van der Waals surface area contributed by atoms with Gasteiger partial charge in [-0.1, -0.05) is 67.8 Å². The largest absolute Gasteiger partial charge is 0.384 e. The molecule has 5 heteroatoms. The van der Waals surface area contributed by atoms with Gasteiger partial charge in [0.15, 0.2) is 0 Å². The summed E-state index contributed by atoms with van der Waals surface area (Å²) in [6, 6.07) is 19.6. The number of hydrogen-bond acceptors (Lipinski definition) is 4. The Morgan fingerprint density at radius 3 is 2.23 bits per heavy atom. The molecule has 2 aromatic carbocycles. The second-order valence-electron chi connectivity index (χ2n) is 11.0. The quantitative estimate of drug-likeness (QED) is 0.239. The highest BCUT2D eigenvalue weighted by atomic mass is 15.2. The molecule has 200 valence electrons. The van der Waals surface area contributed by atoms with E-state index in [1.54, 1.807) is 0 Å². The average Bonchev–Trinajstić information content (AvgIpc) is 3.40. The van der Waals surface area contributed by atoms with Gasteiger partial charge in [-0.25, -0.2) is 9.97 Å². The zero-order chi connectivity index (χ0) is 27.2. The normalized spacial score (nSPS) is 17.9. The number of allylic oxidation sites excluding steroid dienone is 2. The monoisotopic (exact) mass is 517 g/mol. The second kappa shape index (κ2) is 12.2.